The molecule has 0 aromatic carbocycles. The van der Waals surface area contributed by atoms with Crippen LogP contribution in [0.2, 0.25) is 0 Å². The van der Waals surface area contributed by atoms with Gasteiger partial charge in [0.25, 0.3) is 0 Å². The Morgan fingerprint density at radius 3 is 2.82 bits per heavy atom. The molecule has 5 heteroatoms. The molecule has 0 radical (unpaired) electrons. The molecule has 1 aliphatic heterocycles. The molecule has 0 amide bonds. The molecule has 0 saturated carbocycles. The number of nitrogens with zero attached hydrogens (tertiary/aromatic N) is 3. The second-order valence-corrected chi connectivity index (χ2v) is 4.57. The maximum Gasteiger partial charge on any atom is 0.215 e. The lowest BCUT2D eigenvalue weighted by molar-refractivity contribution is 0.274. The molecular weight excluding hydrogens is 216 g/mol. The number of methoxy groups -OCH3 is 1. The van der Waals surface area contributed by atoms with Crippen molar-refractivity contribution in [1.82, 2.24) is 9.88 Å². The van der Waals surface area contributed by atoms with Crippen LogP contribution in [-0.4, -0.2) is 49.7 Å². The highest BCUT2D eigenvalue weighted by molar-refractivity contribution is 5.64. The summed E-state index contributed by atoms with van der Waals surface area (Å²) in [4.78, 5) is 9.01. The molecule has 1 fully saturated rings. The van der Waals surface area contributed by atoms with Crippen LogP contribution in [0.25, 0.3) is 0 Å². The third-order valence-corrected chi connectivity index (χ3v) is 3.19. The number of ether oxygens (including phenoxy) is 1. The fourth-order valence-corrected chi connectivity index (χ4v) is 2.24. The first-order chi connectivity index (χ1) is 8.11. The molecule has 1 atom stereocenters. The summed E-state index contributed by atoms with van der Waals surface area (Å²) in [6.45, 7) is 5.19. The van der Waals surface area contributed by atoms with Crippen LogP contribution in [0.4, 0.5) is 11.5 Å². The van der Waals surface area contributed by atoms with Gasteiger partial charge >= 0.3 is 0 Å². The molecule has 1 saturated heterocycles. The summed E-state index contributed by atoms with van der Waals surface area (Å²) in [7, 11) is 3.76. The van der Waals surface area contributed by atoms with Gasteiger partial charge in [0.1, 0.15) is 0 Å². The van der Waals surface area contributed by atoms with Crippen molar-refractivity contribution in [3.63, 3.8) is 0 Å². The third kappa shape index (κ3) is 2.44. The highest BCUT2D eigenvalue weighted by atomic mass is 16.5. The van der Waals surface area contributed by atoms with Crippen LogP contribution in [0.15, 0.2) is 12.1 Å². The van der Waals surface area contributed by atoms with Crippen molar-refractivity contribution in [2.45, 2.75) is 13.0 Å². The van der Waals surface area contributed by atoms with E-state index in [4.69, 9.17) is 10.5 Å². The quantitative estimate of drug-likeness (QED) is 0.823. The monoisotopic (exact) mass is 236 g/mol. The van der Waals surface area contributed by atoms with Crippen molar-refractivity contribution in [3.05, 3.63) is 12.1 Å². The van der Waals surface area contributed by atoms with Crippen molar-refractivity contribution < 1.29 is 4.74 Å². The lowest BCUT2D eigenvalue weighted by Crippen LogP contribution is -2.51. The summed E-state index contributed by atoms with van der Waals surface area (Å²) in [6, 6.07) is 4.06. The Balaban J connectivity index is 2.26. The summed E-state index contributed by atoms with van der Waals surface area (Å²) in [5, 5.41) is 0. The highest BCUT2D eigenvalue weighted by Gasteiger charge is 2.24. The molecule has 1 unspecified atom stereocenters. The van der Waals surface area contributed by atoms with Gasteiger partial charge in [0.15, 0.2) is 5.82 Å². The van der Waals surface area contributed by atoms with Gasteiger partial charge in [0.2, 0.25) is 5.88 Å². The molecule has 0 bridgehead atoms. The number of aromatic nitrogens is 1. The Kier molecular flexibility index (Phi) is 3.38. The fourth-order valence-electron chi connectivity index (χ4n) is 2.24. The van der Waals surface area contributed by atoms with E-state index in [-0.39, 0.29) is 0 Å². The SMILES string of the molecule is COc1ccc(N)c(N2CCN(C)CC2C)n1. The van der Waals surface area contributed by atoms with E-state index in [2.05, 4.69) is 28.8 Å². The van der Waals surface area contributed by atoms with Crippen LogP contribution < -0.4 is 15.4 Å². The number of nitrogens with two attached hydrogens (primary N) is 1. The molecule has 2 heterocycles. The van der Waals surface area contributed by atoms with Crippen LogP contribution in [0.1, 0.15) is 6.92 Å². The molecule has 5 nitrogen and oxygen atoms in total. The molecule has 1 aliphatic rings. The Hall–Kier alpha value is -1.49. The molecule has 2 N–H and O–H groups in total. The lowest BCUT2D eigenvalue weighted by Gasteiger charge is -2.39. The second-order valence-electron chi connectivity index (χ2n) is 4.57. The first-order valence-corrected chi connectivity index (χ1v) is 5.87. The molecule has 0 spiro atoms. The summed E-state index contributed by atoms with van der Waals surface area (Å²) < 4.78 is 5.15. The number of rotatable bonds is 2. The molecule has 17 heavy (non-hydrogen) atoms. The molecule has 1 aromatic rings. The first-order valence-electron chi connectivity index (χ1n) is 5.87. The predicted octanol–water partition coefficient (Wildman–Crippen LogP) is 0.813. The van der Waals surface area contributed by atoms with Gasteiger partial charge in [0, 0.05) is 31.7 Å². The maximum atomic E-state index is 6.00. The van der Waals surface area contributed by atoms with E-state index < -0.39 is 0 Å². The van der Waals surface area contributed by atoms with Crippen LogP contribution >= 0.6 is 0 Å². The van der Waals surface area contributed by atoms with Crippen molar-refractivity contribution in [2.24, 2.45) is 0 Å². The van der Waals surface area contributed by atoms with Crippen molar-refractivity contribution in [1.29, 1.82) is 0 Å². The third-order valence-electron chi connectivity index (χ3n) is 3.19. The van der Waals surface area contributed by atoms with Gasteiger partial charge in [-0.05, 0) is 20.0 Å². The number of pyridine rings is 1. The number of nitrogen functional groups attached to an aromatic ring is 1. The number of anilines is 2. The van der Waals surface area contributed by atoms with Gasteiger partial charge in [-0.1, -0.05) is 0 Å². The molecule has 94 valence electrons. The van der Waals surface area contributed by atoms with Crippen molar-refractivity contribution in [2.75, 3.05) is 44.4 Å². The van der Waals surface area contributed by atoms with Crippen molar-refractivity contribution >= 4 is 11.5 Å². The minimum absolute atomic E-state index is 0.413. The zero-order chi connectivity index (χ0) is 12.4. The largest absolute Gasteiger partial charge is 0.481 e. The lowest BCUT2D eigenvalue weighted by atomic mass is 10.2. The zero-order valence-electron chi connectivity index (χ0n) is 10.7. The van der Waals surface area contributed by atoms with Gasteiger partial charge < -0.3 is 20.3 Å². The van der Waals surface area contributed by atoms with E-state index in [1.165, 1.54) is 0 Å². The van der Waals surface area contributed by atoms with E-state index in [0.717, 1.165) is 25.5 Å². The standard InChI is InChI=1S/C12H20N4O/c1-9-8-15(2)6-7-16(9)12-10(13)4-5-11(14-12)17-3/h4-5,9H,6-8,13H2,1-3H3. The molecule has 1 aromatic heterocycles. The van der Waals surface area contributed by atoms with Crippen molar-refractivity contribution in [3.8, 4) is 5.88 Å². The Morgan fingerprint density at radius 1 is 1.41 bits per heavy atom. The molecule has 2 rings (SSSR count). The topological polar surface area (TPSA) is 54.6 Å². The first kappa shape index (κ1) is 12.0. The minimum Gasteiger partial charge on any atom is -0.481 e. The van der Waals surface area contributed by atoms with E-state index in [1.54, 1.807) is 13.2 Å². The van der Waals surface area contributed by atoms with Gasteiger partial charge in [-0.2, -0.15) is 4.98 Å². The summed E-state index contributed by atoms with van der Waals surface area (Å²) in [6.07, 6.45) is 0. The van der Waals surface area contributed by atoms with Gasteiger partial charge in [0.05, 0.1) is 12.8 Å². The van der Waals surface area contributed by atoms with E-state index >= 15 is 0 Å². The van der Waals surface area contributed by atoms with Crippen LogP contribution in [0.3, 0.4) is 0 Å². The molecule has 0 aliphatic carbocycles. The second kappa shape index (κ2) is 4.79. The minimum atomic E-state index is 0.413. The van der Waals surface area contributed by atoms with Crippen LogP contribution in [0, 0.1) is 0 Å². The predicted molar refractivity (Wildman–Crippen MR) is 69.5 cm³/mol. The number of hydrogen-bond donors (Lipinski definition) is 1. The average molecular weight is 236 g/mol. The van der Waals surface area contributed by atoms with Gasteiger partial charge in [-0.25, -0.2) is 0 Å². The smallest absolute Gasteiger partial charge is 0.215 e. The summed E-state index contributed by atoms with van der Waals surface area (Å²) in [5.41, 5.74) is 6.71. The van der Waals surface area contributed by atoms with Gasteiger partial charge in [-0.15, -0.1) is 0 Å². The van der Waals surface area contributed by atoms with E-state index in [0.29, 0.717) is 17.6 Å². The van der Waals surface area contributed by atoms with Gasteiger partial charge in [-0.3, -0.25) is 0 Å². The average Bonchev–Trinajstić information content (AvgIpc) is 2.30. The van der Waals surface area contributed by atoms with Crippen LogP contribution in [0.5, 0.6) is 5.88 Å². The molecular formula is C12H20N4O. The normalized spacial score (nSPS) is 21.6. The highest BCUT2D eigenvalue weighted by Crippen LogP contribution is 2.26. The summed E-state index contributed by atoms with van der Waals surface area (Å²) >= 11 is 0. The fraction of sp³-hybridized carbons (Fsp3) is 0.583. The number of hydrogen-bond acceptors (Lipinski definition) is 5. The zero-order valence-corrected chi connectivity index (χ0v) is 10.7. The van der Waals surface area contributed by atoms with E-state index in [1.807, 2.05) is 6.07 Å². The summed E-state index contributed by atoms with van der Waals surface area (Å²) in [5.74, 6) is 1.45. The van der Waals surface area contributed by atoms with E-state index in [9.17, 15) is 0 Å². The Bertz CT molecular complexity index is 396. The number of piperazine rings is 1. The van der Waals surface area contributed by atoms with Crippen LogP contribution in [-0.2, 0) is 0 Å². The Morgan fingerprint density at radius 2 is 2.18 bits per heavy atom. The maximum absolute atomic E-state index is 6.00. The Labute approximate surface area is 102 Å². The number of likely N-dealkylation sites (N-methyl/N-ethyl adjacent to an activating group) is 1.